The first kappa shape index (κ1) is 10.4. The van der Waals surface area contributed by atoms with Crippen molar-refractivity contribution in [2.75, 3.05) is 6.26 Å². The minimum atomic E-state index is -0.0837. The fraction of sp³-hybridized carbons (Fsp3) is 0.200. The fourth-order valence-corrected chi connectivity index (χ4v) is 2.35. The van der Waals surface area contributed by atoms with E-state index in [-0.39, 0.29) is 5.56 Å². The van der Waals surface area contributed by atoms with Crippen molar-refractivity contribution in [2.24, 2.45) is 0 Å². The highest BCUT2D eigenvalue weighted by molar-refractivity contribution is 7.98. The molecule has 5 heteroatoms. The van der Waals surface area contributed by atoms with Crippen LogP contribution in [0.1, 0.15) is 11.3 Å². The minimum absolute atomic E-state index is 0.0837. The molecule has 78 valence electrons. The van der Waals surface area contributed by atoms with Crippen molar-refractivity contribution < 1.29 is 0 Å². The molecule has 1 N–H and O–H groups in total. The molecule has 2 rings (SSSR count). The number of thioether (sulfide) groups is 1. The molecular formula is C10H10N2OS2. The second-order valence-electron chi connectivity index (χ2n) is 3.05. The van der Waals surface area contributed by atoms with Gasteiger partial charge >= 0.3 is 0 Å². The van der Waals surface area contributed by atoms with Crippen LogP contribution in [0.5, 0.6) is 0 Å². The van der Waals surface area contributed by atoms with Crippen molar-refractivity contribution in [3.8, 4) is 0 Å². The number of hydrogen-bond donors (Lipinski definition) is 1. The summed E-state index contributed by atoms with van der Waals surface area (Å²) in [5.74, 6) is 0. The molecule has 0 aliphatic heterocycles. The van der Waals surface area contributed by atoms with Gasteiger partial charge in [0.1, 0.15) is 0 Å². The van der Waals surface area contributed by atoms with Gasteiger partial charge in [-0.25, -0.2) is 4.98 Å². The molecule has 2 aromatic rings. The predicted octanol–water partition coefficient (Wildman–Crippen LogP) is 2.14. The summed E-state index contributed by atoms with van der Waals surface area (Å²) >= 11 is 3.10. The fourth-order valence-electron chi connectivity index (χ4n) is 1.27. The zero-order valence-electron chi connectivity index (χ0n) is 8.19. The normalized spacial score (nSPS) is 10.5. The topological polar surface area (TPSA) is 45.8 Å². The molecule has 0 amide bonds. The van der Waals surface area contributed by atoms with E-state index in [9.17, 15) is 4.79 Å². The third-order valence-electron chi connectivity index (χ3n) is 1.93. The van der Waals surface area contributed by atoms with Gasteiger partial charge in [-0.15, -0.1) is 0 Å². The van der Waals surface area contributed by atoms with Crippen LogP contribution in [-0.4, -0.2) is 16.2 Å². The molecule has 0 spiro atoms. The lowest BCUT2D eigenvalue weighted by atomic mass is 10.2. The average molecular weight is 238 g/mol. The van der Waals surface area contributed by atoms with Gasteiger partial charge in [0.05, 0.1) is 5.69 Å². The molecule has 3 nitrogen and oxygen atoms in total. The SMILES string of the molecule is CSc1nc(Cc2ccsc2)cc(=O)[nH]1. The zero-order chi connectivity index (χ0) is 10.7. The predicted molar refractivity (Wildman–Crippen MR) is 63.8 cm³/mol. The number of nitrogens with one attached hydrogen (secondary N) is 1. The lowest BCUT2D eigenvalue weighted by molar-refractivity contribution is 0.883. The second-order valence-corrected chi connectivity index (χ2v) is 4.63. The third kappa shape index (κ3) is 2.70. The van der Waals surface area contributed by atoms with Crippen LogP contribution < -0.4 is 5.56 Å². The highest BCUT2D eigenvalue weighted by atomic mass is 32.2. The monoisotopic (exact) mass is 238 g/mol. The molecule has 0 bridgehead atoms. The summed E-state index contributed by atoms with van der Waals surface area (Å²) in [7, 11) is 0. The molecule has 2 aromatic heterocycles. The first-order valence-corrected chi connectivity index (χ1v) is 6.60. The van der Waals surface area contributed by atoms with Crippen LogP contribution >= 0.6 is 23.1 Å². The van der Waals surface area contributed by atoms with Crippen LogP contribution in [0.25, 0.3) is 0 Å². The summed E-state index contributed by atoms with van der Waals surface area (Å²) in [5.41, 5.74) is 1.94. The van der Waals surface area contributed by atoms with Gasteiger partial charge in [0.15, 0.2) is 5.16 Å². The first-order valence-electron chi connectivity index (χ1n) is 4.43. The number of nitrogens with zero attached hydrogens (tertiary/aromatic N) is 1. The quantitative estimate of drug-likeness (QED) is 0.658. The summed E-state index contributed by atoms with van der Waals surface area (Å²) in [4.78, 5) is 18.3. The van der Waals surface area contributed by atoms with Crippen molar-refractivity contribution >= 4 is 23.1 Å². The number of hydrogen-bond acceptors (Lipinski definition) is 4. The Hall–Kier alpha value is -1.07. The molecule has 0 fully saturated rings. The Kier molecular flexibility index (Phi) is 3.23. The number of H-pyrrole nitrogens is 1. The van der Waals surface area contributed by atoms with E-state index in [0.717, 1.165) is 12.1 Å². The van der Waals surface area contributed by atoms with Gasteiger partial charge in [-0.3, -0.25) is 4.79 Å². The summed E-state index contributed by atoms with van der Waals surface area (Å²) in [5, 5.41) is 4.77. The highest BCUT2D eigenvalue weighted by Gasteiger charge is 2.02. The summed E-state index contributed by atoms with van der Waals surface area (Å²) in [6, 6.07) is 3.60. The average Bonchev–Trinajstić information content (AvgIpc) is 2.69. The molecule has 0 unspecified atom stereocenters. The third-order valence-corrected chi connectivity index (χ3v) is 3.24. The van der Waals surface area contributed by atoms with Crippen molar-refractivity contribution in [2.45, 2.75) is 11.6 Å². The number of aromatic nitrogens is 2. The maximum absolute atomic E-state index is 11.3. The lowest BCUT2D eigenvalue weighted by Crippen LogP contribution is -2.09. The standard InChI is InChI=1S/C10H10N2OS2/c1-14-10-11-8(5-9(13)12-10)4-7-2-3-15-6-7/h2-3,5-6H,4H2,1H3,(H,11,12,13). The molecule has 0 aliphatic carbocycles. The van der Waals surface area contributed by atoms with Crippen LogP contribution in [0, 0.1) is 0 Å². The van der Waals surface area contributed by atoms with E-state index in [0.29, 0.717) is 5.16 Å². The van der Waals surface area contributed by atoms with Crippen molar-refractivity contribution in [3.05, 3.63) is 44.5 Å². The maximum Gasteiger partial charge on any atom is 0.251 e. The van der Waals surface area contributed by atoms with Gasteiger partial charge in [0.25, 0.3) is 5.56 Å². The van der Waals surface area contributed by atoms with Crippen LogP contribution in [0.4, 0.5) is 0 Å². The smallest absolute Gasteiger partial charge is 0.251 e. The van der Waals surface area contributed by atoms with Crippen LogP contribution in [0.3, 0.4) is 0 Å². The Morgan fingerprint density at radius 1 is 1.60 bits per heavy atom. The molecular weight excluding hydrogens is 228 g/mol. The van der Waals surface area contributed by atoms with Crippen LogP contribution in [-0.2, 0) is 6.42 Å². The highest BCUT2D eigenvalue weighted by Crippen LogP contribution is 2.12. The van der Waals surface area contributed by atoms with Gasteiger partial charge in [0.2, 0.25) is 0 Å². The molecule has 0 saturated carbocycles. The molecule has 0 saturated heterocycles. The summed E-state index contributed by atoms with van der Waals surface area (Å²) in [6.07, 6.45) is 2.62. The second kappa shape index (κ2) is 4.63. The van der Waals surface area contributed by atoms with Crippen molar-refractivity contribution in [3.63, 3.8) is 0 Å². The number of thiophene rings is 1. The Labute approximate surface area is 95.6 Å². The Morgan fingerprint density at radius 2 is 2.47 bits per heavy atom. The van der Waals surface area contributed by atoms with Gasteiger partial charge in [-0.1, -0.05) is 11.8 Å². The van der Waals surface area contributed by atoms with E-state index < -0.39 is 0 Å². The molecule has 0 radical (unpaired) electrons. The van der Waals surface area contributed by atoms with E-state index in [1.54, 1.807) is 17.4 Å². The Bertz CT molecular complexity index is 490. The molecule has 0 aliphatic rings. The van der Waals surface area contributed by atoms with Gasteiger partial charge in [-0.2, -0.15) is 11.3 Å². The molecule has 0 atom stereocenters. The minimum Gasteiger partial charge on any atom is -0.301 e. The zero-order valence-corrected chi connectivity index (χ0v) is 9.82. The van der Waals surface area contributed by atoms with Gasteiger partial charge < -0.3 is 4.98 Å². The van der Waals surface area contributed by atoms with Gasteiger partial charge in [0, 0.05) is 12.5 Å². The van der Waals surface area contributed by atoms with E-state index in [1.807, 2.05) is 17.7 Å². The van der Waals surface area contributed by atoms with E-state index in [1.165, 1.54) is 17.3 Å². The van der Waals surface area contributed by atoms with E-state index in [4.69, 9.17) is 0 Å². The Morgan fingerprint density at radius 3 is 3.13 bits per heavy atom. The summed E-state index contributed by atoms with van der Waals surface area (Å²) in [6.45, 7) is 0. The lowest BCUT2D eigenvalue weighted by Gasteiger charge is -2.00. The van der Waals surface area contributed by atoms with Crippen LogP contribution in [0.2, 0.25) is 0 Å². The van der Waals surface area contributed by atoms with E-state index >= 15 is 0 Å². The maximum atomic E-state index is 11.3. The Balaban J connectivity index is 2.28. The number of rotatable bonds is 3. The molecule has 15 heavy (non-hydrogen) atoms. The molecule has 2 heterocycles. The molecule has 0 aromatic carbocycles. The van der Waals surface area contributed by atoms with Gasteiger partial charge in [-0.05, 0) is 28.6 Å². The van der Waals surface area contributed by atoms with E-state index in [2.05, 4.69) is 15.3 Å². The first-order chi connectivity index (χ1) is 7.28. The van der Waals surface area contributed by atoms with Crippen molar-refractivity contribution in [1.29, 1.82) is 0 Å². The summed E-state index contributed by atoms with van der Waals surface area (Å²) < 4.78 is 0. The largest absolute Gasteiger partial charge is 0.301 e. The van der Waals surface area contributed by atoms with Crippen molar-refractivity contribution in [1.82, 2.24) is 9.97 Å². The number of aromatic amines is 1. The van der Waals surface area contributed by atoms with Crippen LogP contribution in [0.15, 0.2) is 32.8 Å².